The average Bonchev–Trinajstić information content (AvgIpc) is 2.14. The highest BCUT2D eigenvalue weighted by atomic mass is 16.5. The van der Waals surface area contributed by atoms with Gasteiger partial charge in [-0.25, -0.2) is 0 Å². The molecule has 0 fully saturated rings. The van der Waals surface area contributed by atoms with Crippen molar-refractivity contribution in [2.75, 3.05) is 13.2 Å². The van der Waals surface area contributed by atoms with E-state index < -0.39 is 5.41 Å². The predicted molar refractivity (Wildman–Crippen MR) is 51.4 cm³/mol. The zero-order valence-corrected chi connectivity index (χ0v) is 8.80. The van der Waals surface area contributed by atoms with Crippen molar-refractivity contribution in [1.82, 2.24) is 0 Å². The molecule has 13 heavy (non-hydrogen) atoms. The molecule has 0 aliphatic heterocycles. The minimum atomic E-state index is -0.418. The van der Waals surface area contributed by atoms with Crippen LogP contribution >= 0.6 is 0 Å². The summed E-state index contributed by atoms with van der Waals surface area (Å²) in [7, 11) is 0. The second kappa shape index (κ2) is 5.97. The lowest BCUT2D eigenvalue weighted by molar-refractivity contribution is -0.155. The number of rotatable bonds is 6. The third kappa shape index (κ3) is 3.77. The van der Waals surface area contributed by atoms with Crippen LogP contribution in [0.2, 0.25) is 0 Å². The zero-order valence-electron chi connectivity index (χ0n) is 8.80. The molecule has 0 rings (SSSR count). The highest BCUT2D eigenvalue weighted by molar-refractivity contribution is 5.76. The van der Waals surface area contributed by atoms with Crippen molar-refractivity contribution in [1.29, 1.82) is 0 Å². The topological polar surface area (TPSA) is 46.5 Å². The standard InChI is InChI=1S/C10H20O3/c1-4-10(3,7-6-8-11)9(12)13-5-2/h11H,4-8H2,1-3H3. The summed E-state index contributed by atoms with van der Waals surface area (Å²) in [6.45, 7) is 6.22. The Morgan fingerprint density at radius 3 is 2.46 bits per heavy atom. The van der Waals surface area contributed by atoms with Crippen LogP contribution in [0, 0.1) is 5.41 Å². The Bertz CT molecular complexity index is 156. The maximum absolute atomic E-state index is 11.5. The van der Waals surface area contributed by atoms with Crippen LogP contribution in [0.25, 0.3) is 0 Å². The Hall–Kier alpha value is -0.570. The smallest absolute Gasteiger partial charge is 0.311 e. The number of aliphatic hydroxyl groups excluding tert-OH is 1. The first-order valence-corrected chi connectivity index (χ1v) is 4.88. The Morgan fingerprint density at radius 1 is 1.46 bits per heavy atom. The van der Waals surface area contributed by atoms with Gasteiger partial charge in [-0.15, -0.1) is 0 Å². The van der Waals surface area contributed by atoms with E-state index in [0.717, 1.165) is 6.42 Å². The predicted octanol–water partition coefficient (Wildman–Crippen LogP) is 1.74. The number of carbonyl (C=O) groups is 1. The maximum Gasteiger partial charge on any atom is 0.311 e. The third-order valence-electron chi connectivity index (χ3n) is 2.44. The van der Waals surface area contributed by atoms with Gasteiger partial charge in [0.15, 0.2) is 0 Å². The fourth-order valence-electron chi connectivity index (χ4n) is 1.20. The van der Waals surface area contributed by atoms with Crippen LogP contribution in [0.15, 0.2) is 0 Å². The summed E-state index contributed by atoms with van der Waals surface area (Å²) in [4.78, 5) is 11.5. The number of esters is 1. The van der Waals surface area contributed by atoms with Gasteiger partial charge < -0.3 is 9.84 Å². The van der Waals surface area contributed by atoms with Crippen LogP contribution in [0.4, 0.5) is 0 Å². The Morgan fingerprint density at radius 2 is 2.08 bits per heavy atom. The van der Waals surface area contributed by atoms with Gasteiger partial charge in [-0.05, 0) is 33.1 Å². The van der Waals surface area contributed by atoms with E-state index in [2.05, 4.69) is 0 Å². The summed E-state index contributed by atoms with van der Waals surface area (Å²) in [6, 6.07) is 0. The molecular formula is C10H20O3. The van der Waals surface area contributed by atoms with E-state index in [1.54, 1.807) is 6.92 Å². The summed E-state index contributed by atoms with van der Waals surface area (Å²) < 4.78 is 4.97. The van der Waals surface area contributed by atoms with Gasteiger partial charge in [0.05, 0.1) is 12.0 Å². The van der Waals surface area contributed by atoms with E-state index in [0.29, 0.717) is 19.4 Å². The van der Waals surface area contributed by atoms with Crippen molar-refractivity contribution in [3.63, 3.8) is 0 Å². The normalized spacial score (nSPS) is 15.1. The summed E-state index contributed by atoms with van der Waals surface area (Å²) in [5, 5.41) is 8.68. The molecule has 0 radical (unpaired) electrons. The van der Waals surface area contributed by atoms with Crippen LogP contribution < -0.4 is 0 Å². The van der Waals surface area contributed by atoms with Crippen molar-refractivity contribution < 1.29 is 14.6 Å². The SMILES string of the molecule is CCOC(=O)C(C)(CC)CCCO. The molecule has 0 aromatic rings. The number of aliphatic hydroxyl groups is 1. The number of hydrogen-bond donors (Lipinski definition) is 1. The molecule has 1 N–H and O–H groups in total. The molecule has 0 amide bonds. The summed E-state index contributed by atoms with van der Waals surface area (Å²) in [6.07, 6.45) is 2.10. The van der Waals surface area contributed by atoms with Crippen molar-refractivity contribution in [3.8, 4) is 0 Å². The van der Waals surface area contributed by atoms with Gasteiger partial charge in [0.2, 0.25) is 0 Å². The molecular weight excluding hydrogens is 168 g/mol. The lowest BCUT2D eigenvalue weighted by Crippen LogP contribution is -2.29. The molecule has 3 nitrogen and oxygen atoms in total. The highest BCUT2D eigenvalue weighted by Crippen LogP contribution is 2.28. The number of hydrogen-bond acceptors (Lipinski definition) is 3. The molecule has 0 spiro atoms. The zero-order chi connectivity index (χ0) is 10.3. The van der Waals surface area contributed by atoms with E-state index in [4.69, 9.17) is 9.84 Å². The van der Waals surface area contributed by atoms with E-state index in [9.17, 15) is 4.79 Å². The molecule has 1 unspecified atom stereocenters. The summed E-state index contributed by atoms with van der Waals surface area (Å²) >= 11 is 0. The second-order valence-corrected chi connectivity index (χ2v) is 3.46. The first-order chi connectivity index (χ1) is 6.10. The fourth-order valence-corrected chi connectivity index (χ4v) is 1.20. The molecule has 0 saturated carbocycles. The molecule has 1 atom stereocenters. The maximum atomic E-state index is 11.5. The van der Waals surface area contributed by atoms with Crippen molar-refractivity contribution >= 4 is 5.97 Å². The molecule has 0 bridgehead atoms. The quantitative estimate of drug-likeness (QED) is 0.646. The fraction of sp³-hybridized carbons (Fsp3) is 0.900. The minimum absolute atomic E-state index is 0.134. The van der Waals surface area contributed by atoms with Crippen molar-refractivity contribution in [2.24, 2.45) is 5.41 Å². The molecule has 3 heteroatoms. The Labute approximate surface area is 80.1 Å². The number of ether oxygens (including phenoxy) is 1. The van der Waals surface area contributed by atoms with Gasteiger partial charge in [-0.3, -0.25) is 4.79 Å². The third-order valence-corrected chi connectivity index (χ3v) is 2.44. The second-order valence-electron chi connectivity index (χ2n) is 3.46. The summed E-state index contributed by atoms with van der Waals surface area (Å²) in [5.74, 6) is -0.147. The molecule has 0 saturated heterocycles. The van der Waals surface area contributed by atoms with Gasteiger partial charge in [0.1, 0.15) is 0 Å². The number of carbonyl (C=O) groups excluding carboxylic acids is 1. The molecule has 78 valence electrons. The Balaban J connectivity index is 4.16. The van der Waals surface area contributed by atoms with Crippen LogP contribution in [0.5, 0.6) is 0 Å². The summed E-state index contributed by atoms with van der Waals surface area (Å²) in [5.41, 5.74) is -0.418. The largest absolute Gasteiger partial charge is 0.466 e. The average molecular weight is 188 g/mol. The van der Waals surface area contributed by atoms with Crippen LogP contribution in [0.1, 0.15) is 40.0 Å². The lowest BCUT2D eigenvalue weighted by Gasteiger charge is -2.25. The minimum Gasteiger partial charge on any atom is -0.466 e. The van der Waals surface area contributed by atoms with Gasteiger partial charge in [-0.2, -0.15) is 0 Å². The van der Waals surface area contributed by atoms with Crippen LogP contribution in [-0.4, -0.2) is 24.3 Å². The molecule has 0 aromatic carbocycles. The van der Waals surface area contributed by atoms with Crippen LogP contribution in [-0.2, 0) is 9.53 Å². The van der Waals surface area contributed by atoms with E-state index in [-0.39, 0.29) is 12.6 Å². The highest BCUT2D eigenvalue weighted by Gasteiger charge is 2.31. The van der Waals surface area contributed by atoms with Crippen LogP contribution in [0.3, 0.4) is 0 Å². The molecule has 0 aromatic heterocycles. The lowest BCUT2D eigenvalue weighted by atomic mass is 9.83. The van der Waals surface area contributed by atoms with Gasteiger partial charge in [0.25, 0.3) is 0 Å². The van der Waals surface area contributed by atoms with E-state index >= 15 is 0 Å². The van der Waals surface area contributed by atoms with Gasteiger partial charge >= 0.3 is 5.97 Å². The van der Waals surface area contributed by atoms with Crippen molar-refractivity contribution in [3.05, 3.63) is 0 Å². The van der Waals surface area contributed by atoms with Gasteiger partial charge in [0, 0.05) is 6.61 Å². The molecule has 0 heterocycles. The molecule has 0 aliphatic carbocycles. The van der Waals surface area contributed by atoms with Crippen molar-refractivity contribution in [2.45, 2.75) is 40.0 Å². The van der Waals surface area contributed by atoms with E-state index in [1.807, 2.05) is 13.8 Å². The first-order valence-electron chi connectivity index (χ1n) is 4.88. The van der Waals surface area contributed by atoms with Gasteiger partial charge in [-0.1, -0.05) is 6.92 Å². The Kier molecular flexibility index (Phi) is 5.71. The monoisotopic (exact) mass is 188 g/mol. The first kappa shape index (κ1) is 12.4. The molecule has 0 aliphatic rings. The van der Waals surface area contributed by atoms with E-state index in [1.165, 1.54) is 0 Å².